The van der Waals surface area contributed by atoms with Gasteiger partial charge in [0.2, 0.25) is 11.8 Å². The predicted molar refractivity (Wildman–Crippen MR) is 86.8 cm³/mol. The summed E-state index contributed by atoms with van der Waals surface area (Å²) in [6.07, 6.45) is 0.309. The molecule has 2 aliphatic heterocycles. The number of rotatable bonds is 3. The molecule has 0 aromatic heterocycles. The van der Waals surface area contributed by atoms with Crippen molar-refractivity contribution in [3.8, 4) is 0 Å². The second-order valence-corrected chi connectivity index (χ2v) is 6.23. The lowest BCUT2D eigenvalue weighted by molar-refractivity contribution is -0.140. The van der Waals surface area contributed by atoms with Gasteiger partial charge in [-0.15, -0.1) is 0 Å². The van der Waals surface area contributed by atoms with Crippen LogP contribution >= 0.6 is 0 Å². The lowest BCUT2D eigenvalue weighted by Gasteiger charge is -2.33. The van der Waals surface area contributed by atoms with Crippen molar-refractivity contribution >= 4 is 11.8 Å². The molecular weight excluding hydrogens is 292 g/mol. The maximum Gasteiger partial charge on any atom is 0.228 e. The molecular formula is C18H24N2O3. The van der Waals surface area contributed by atoms with Crippen LogP contribution in [0.4, 0.5) is 0 Å². The van der Waals surface area contributed by atoms with Crippen molar-refractivity contribution in [3.05, 3.63) is 35.4 Å². The van der Waals surface area contributed by atoms with E-state index in [0.717, 1.165) is 11.1 Å². The zero-order chi connectivity index (χ0) is 16.4. The normalized spacial score (nSPS) is 25.0. The van der Waals surface area contributed by atoms with Gasteiger partial charge in [0.05, 0.1) is 25.2 Å². The van der Waals surface area contributed by atoms with E-state index in [4.69, 9.17) is 4.74 Å². The smallest absolute Gasteiger partial charge is 0.228 e. The van der Waals surface area contributed by atoms with Crippen LogP contribution in [0.3, 0.4) is 0 Å². The summed E-state index contributed by atoms with van der Waals surface area (Å²) < 4.78 is 5.34. The Morgan fingerprint density at radius 1 is 1.26 bits per heavy atom. The SMILES string of the molecule is CCN1C(=O)C[C@@H](C(=O)N2CCOCC2)[C@@H]1c1ccccc1C. The highest BCUT2D eigenvalue weighted by Gasteiger charge is 2.45. The third kappa shape index (κ3) is 2.98. The summed E-state index contributed by atoms with van der Waals surface area (Å²) in [7, 11) is 0. The highest BCUT2D eigenvalue weighted by atomic mass is 16.5. The summed E-state index contributed by atoms with van der Waals surface area (Å²) in [6.45, 7) is 7.06. The predicted octanol–water partition coefficient (Wildman–Crippen LogP) is 1.76. The van der Waals surface area contributed by atoms with Gasteiger partial charge in [0.25, 0.3) is 0 Å². The van der Waals surface area contributed by atoms with E-state index in [-0.39, 0.29) is 23.8 Å². The average Bonchev–Trinajstić information content (AvgIpc) is 2.91. The van der Waals surface area contributed by atoms with Crippen molar-refractivity contribution in [1.29, 1.82) is 0 Å². The fourth-order valence-corrected chi connectivity index (χ4v) is 3.71. The molecule has 23 heavy (non-hydrogen) atoms. The maximum atomic E-state index is 13.0. The lowest BCUT2D eigenvalue weighted by atomic mass is 9.89. The van der Waals surface area contributed by atoms with Crippen molar-refractivity contribution in [1.82, 2.24) is 9.80 Å². The molecule has 0 N–H and O–H groups in total. The Hall–Kier alpha value is -1.88. The average molecular weight is 316 g/mol. The van der Waals surface area contributed by atoms with E-state index >= 15 is 0 Å². The molecule has 0 unspecified atom stereocenters. The van der Waals surface area contributed by atoms with Crippen LogP contribution in [0.25, 0.3) is 0 Å². The molecule has 2 amide bonds. The third-order valence-electron chi connectivity index (χ3n) is 4.92. The zero-order valence-electron chi connectivity index (χ0n) is 13.8. The molecule has 0 bridgehead atoms. The highest BCUT2D eigenvalue weighted by Crippen LogP contribution is 2.40. The summed E-state index contributed by atoms with van der Waals surface area (Å²) in [5.41, 5.74) is 2.22. The van der Waals surface area contributed by atoms with Gasteiger partial charge in [0, 0.05) is 26.1 Å². The van der Waals surface area contributed by atoms with E-state index in [1.165, 1.54) is 0 Å². The molecule has 2 saturated heterocycles. The first kappa shape index (κ1) is 16.0. The van der Waals surface area contributed by atoms with Gasteiger partial charge in [-0.1, -0.05) is 24.3 Å². The van der Waals surface area contributed by atoms with Crippen molar-refractivity contribution < 1.29 is 14.3 Å². The van der Waals surface area contributed by atoms with Gasteiger partial charge in [0.1, 0.15) is 0 Å². The van der Waals surface area contributed by atoms with Crippen molar-refractivity contribution in [2.24, 2.45) is 5.92 Å². The Balaban J connectivity index is 1.92. The number of morpholine rings is 1. The number of likely N-dealkylation sites (tertiary alicyclic amines) is 1. The number of ether oxygens (including phenoxy) is 1. The van der Waals surface area contributed by atoms with E-state index in [1.54, 1.807) is 0 Å². The van der Waals surface area contributed by atoms with Crippen LogP contribution in [0.5, 0.6) is 0 Å². The summed E-state index contributed by atoms with van der Waals surface area (Å²) in [6, 6.07) is 7.91. The van der Waals surface area contributed by atoms with Crippen LogP contribution in [0.2, 0.25) is 0 Å². The maximum absolute atomic E-state index is 13.0. The molecule has 3 rings (SSSR count). The van der Waals surface area contributed by atoms with Gasteiger partial charge in [-0.3, -0.25) is 9.59 Å². The van der Waals surface area contributed by atoms with Gasteiger partial charge in [0.15, 0.2) is 0 Å². The number of nitrogens with zero attached hydrogens (tertiary/aromatic N) is 2. The van der Waals surface area contributed by atoms with Gasteiger partial charge in [-0.25, -0.2) is 0 Å². The molecule has 1 aromatic rings. The molecule has 0 radical (unpaired) electrons. The molecule has 1 aromatic carbocycles. The fourth-order valence-electron chi connectivity index (χ4n) is 3.71. The topological polar surface area (TPSA) is 49.9 Å². The van der Waals surface area contributed by atoms with Gasteiger partial charge in [-0.05, 0) is 25.0 Å². The van der Waals surface area contributed by atoms with Crippen molar-refractivity contribution in [2.75, 3.05) is 32.8 Å². The van der Waals surface area contributed by atoms with E-state index in [1.807, 2.05) is 47.9 Å². The van der Waals surface area contributed by atoms with Crippen LogP contribution in [-0.2, 0) is 14.3 Å². The Morgan fingerprint density at radius 2 is 1.96 bits per heavy atom. The Morgan fingerprint density at radius 3 is 2.61 bits per heavy atom. The fraction of sp³-hybridized carbons (Fsp3) is 0.556. The number of hydrogen-bond donors (Lipinski definition) is 0. The van der Waals surface area contributed by atoms with Gasteiger partial charge in [-0.2, -0.15) is 0 Å². The van der Waals surface area contributed by atoms with Crippen molar-refractivity contribution in [2.45, 2.75) is 26.3 Å². The Labute approximate surface area is 137 Å². The third-order valence-corrected chi connectivity index (χ3v) is 4.92. The van der Waals surface area contributed by atoms with Crippen LogP contribution in [-0.4, -0.2) is 54.5 Å². The van der Waals surface area contributed by atoms with Crippen LogP contribution < -0.4 is 0 Å². The minimum atomic E-state index is -0.290. The number of hydrogen-bond acceptors (Lipinski definition) is 3. The number of amides is 2. The summed E-state index contributed by atoms with van der Waals surface area (Å²) in [5.74, 6) is -0.125. The summed E-state index contributed by atoms with van der Waals surface area (Å²) >= 11 is 0. The van der Waals surface area contributed by atoms with E-state index in [0.29, 0.717) is 39.3 Å². The largest absolute Gasteiger partial charge is 0.378 e. The van der Waals surface area contributed by atoms with Crippen LogP contribution in [0.1, 0.15) is 30.5 Å². The molecule has 2 aliphatic rings. The summed E-state index contributed by atoms with van der Waals surface area (Å²) in [4.78, 5) is 29.1. The van der Waals surface area contributed by atoms with Crippen LogP contribution in [0, 0.1) is 12.8 Å². The number of aryl methyl sites for hydroxylation is 1. The second-order valence-electron chi connectivity index (χ2n) is 6.23. The van der Waals surface area contributed by atoms with Crippen LogP contribution in [0.15, 0.2) is 24.3 Å². The molecule has 2 heterocycles. The minimum absolute atomic E-state index is 0.0763. The molecule has 0 saturated carbocycles. The van der Waals surface area contributed by atoms with Gasteiger partial charge >= 0.3 is 0 Å². The monoisotopic (exact) mass is 316 g/mol. The Bertz CT molecular complexity index is 596. The first-order valence-electron chi connectivity index (χ1n) is 8.35. The number of carbonyl (C=O) groups is 2. The standard InChI is InChI=1S/C18H24N2O3/c1-3-20-16(21)12-15(18(22)19-8-10-23-11-9-19)17(20)14-7-5-4-6-13(14)2/h4-7,15,17H,3,8-12H2,1-2H3/t15-,17+/m1/s1. The number of benzene rings is 1. The molecule has 2 atom stereocenters. The summed E-state index contributed by atoms with van der Waals surface area (Å²) in [5, 5.41) is 0. The first-order valence-corrected chi connectivity index (χ1v) is 8.35. The molecule has 0 aliphatic carbocycles. The molecule has 5 nitrogen and oxygen atoms in total. The molecule has 124 valence electrons. The molecule has 5 heteroatoms. The quantitative estimate of drug-likeness (QED) is 0.854. The van der Waals surface area contributed by atoms with Crippen molar-refractivity contribution in [3.63, 3.8) is 0 Å². The second kappa shape index (κ2) is 6.71. The zero-order valence-corrected chi connectivity index (χ0v) is 13.8. The van der Waals surface area contributed by atoms with E-state index < -0.39 is 0 Å². The number of carbonyl (C=O) groups excluding carboxylic acids is 2. The Kier molecular flexibility index (Phi) is 4.66. The van der Waals surface area contributed by atoms with E-state index in [9.17, 15) is 9.59 Å². The molecule has 2 fully saturated rings. The van der Waals surface area contributed by atoms with Gasteiger partial charge < -0.3 is 14.5 Å². The van der Waals surface area contributed by atoms with E-state index in [2.05, 4.69) is 0 Å². The lowest BCUT2D eigenvalue weighted by Crippen LogP contribution is -2.45. The first-order chi connectivity index (χ1) is 11.1. The molecule has 0 spiro atoms. The highest BCUT2D eigenvalue weighted by molar-refractivity contribution is 5.90. The minimum Gasteiger partial charge on any atom is -0.378 e.